The minimum absolute atomic E-state index is 0.0473. The second-order valence-electron chi connectivity index (χ2n) is 3.95. The summed E-state index contributed by atoms with van der Waals surface area (Å²) in [5.74, 6) is -0.142. The van der Waals surface area contributed by atoms with Gasteiger partial charge in [-0.15, -0.1) is 0 Å². The smallest absolute Gasteiger partial charge is 0.275 e. The lowest BCUT2D eigenvalue weighted by Gasteiger charge is -2.07. The second-order valence-corrected chi connectivity index (χ2v) is 4.36. The van der Waals surface area contributed by atoms with Crippen LogP contribution in [0.25, 0.3) is 0 Å². The monoisotopic (exact) mass is 285 g/mol. The van der Waals surface area contributed by atoms with Crippen molar-refractivity contribution in [2.75, 3.05) is 13.1 Å². The van der Waals surface area contributed by atoms with Crippen LogP contribution in [0, 0.1) is 10.1 Å². The Balaban J connectivity index is 2.58. The molecule has 0 spiro atoms. The van der Waals surface area contributed by atoms with E-state index < -0.39 is 4.92 Å². The Hall–Kier alpha value is -1.66. The van der Waals surface area contributed by atoms with E-state index in [-0.39, 0.29) is 24.7 Å². The fraction of sp³-hybridized carbons (Fsp3) is 0.417. The third kappa shape index (κ3) is 4.84. The summed E-state index contributed by atoms with van der Waals surface area (Å²) in [6, 6.07) is 4.50. The highest BCUT2D eigenvalue weighted by atomic mass is 35.5. The van der Waals surface area contributed by atoms with E-state index >= 15 is 0 Å². The van der Waals surface area contributed by atoms with E-state index in [1.807, 2.05) is 6.92 Å². The van der Waals surface area contributed by atoms with Crippen molar-refractivity contribution in [3.05, 3.63) is 38.9 Å². The summed E-state index contributed by atoms with van der Waals surface area (Å²) in [4.78, 5) is 21.7. The van der Waals surface area contributed by atoms with Gasteiger partial charge in [0.1, 0.15) is 0 Å². The maximum absolute atomic E-state index is 11.4. The number of hydrogen-bond acceptors (Lipinski definition) is 4. The van der Waals surface area contributed by atoms with Crippen LogP contribution < -0.4 is 10.6 Å². The maximum atomic E-state index is 11.4. The third-order valence-corrected chi connectivity index (χ3v) is 2.80. The first-order valence-electron chi connectivity index (χ1n) is 5.95. The largest absolute Gasteiger partial charge is 0.355 e. The van der Waals surface area contributed by atoms with Crippen LogP contribution in [0.1, 0.15) is 18.9 Å². The first-order chi connectivity index (χ1) is 9.06. The highest BCUT2D eigenvalue weighted by Gasteiger charge is 2.16. The number of rotatable bonds is 7. The number of benzene rings is 1. The lowest BCUT2D eigenvalue weighted by Crippen LogP contribution is -2.34. The van der Waals surface area contributed by atoms with E-state index in [9.17, 15) is 14.9 Å². The van der Waals surface area contributed by atoms with Gasteiger partial charge in [-0.2, -0.15) is 0 Å². The Bertz CT molecular complexity index is 466. The molecule has 0 radical (unpaired) electrons. The molecule has 1 amide bonds. The Morgan fingerprint density at radius 1 is 1.47 bits per heavy atom. The number of carbonyl (C=O) groups excluding carboxylic acids is 1. The van der Waals surface area contributed by atoms with Crippen molar-refractivity contribution in [2.45, 2.75) is 19.9 Å². The molecule has 0 heterocycles. The molecule has 0 saturated carbocycles. The van der Waals surface area contributed by atoms with Crippen molar-refractivity contribution in [3.8, 4) is 0 Å². The van der Waals surface area contributed by atoms with Crippen LogP contribution in [0.4, 0.5) is 5.69 Å². The van der Waals surface area contributed by atoms with Gasteiger partial charge in [0, 0.05) is 19.2 Å². The number of carbonyl (C=O) groups is 1. The van der Waals surface area contributed by atoms with Crippen molar-refractivity contribution in [2.24, 2.45) is 0 Å². The van der Waals surface area contributed by atoms with Crippen molar-refractivity contribution in [1.29, 1.82) is 0 Å². The topological polar surface area (TPSA) is 84.3 Å². The minimum atomic E-state index is -0.486. The standard InChI is InChI=1S/C12H16ClN3O3/c1-2-6-15-12(17)8-14-7-9-10(13)4-3-5-11(9)16(18)19/h3-5,14H,2,6-8H2,1H3,(H,15,17). The van der Waals surface area contributed by atoms with Crippen molar-refractivity contribution in [3.63, 3.8) is 0 Å². The Kier molecular flexibility index (Phi) is 6.24. The molecule has 0 aromatic heterocycles. The van der Waals surface area contributed by atoms with Gasteiger partial charge in [0.25, 0.3) is 5.69 Å². The van der Waals surface area contributed by atoms with Gasteiger partial charge in [-0.05, 0) is 12.5 Å². The molecule has 6 nitrogen and oxygen atoms in total. The minimum Gasteiger partial charge on any atom is -0.355 e. The zero-order chi connectivity index (χ0) is 14.3. The normalized spacial score (nSPS) is 10.2. The van der Waals surface area contributed by atoms with Crippen LogP contribution in [0.2, 0.25) is 5.02 Å². The Labute approximate surface area is 116 Å². The number of nitrogens with one attached hydrogen (secondary N) is 2. The number of hydrogen-bond donors (Lipinski definition) is 2. The van der Waals surface area contributed by atoms with Crippen LogP contribution in [0.5, 0.6) is 0 Å². The van der Waals surface area contributed by atoms with Gasteiger partial charge in [0.2, 0.25) is 5.91 Å². The predicted octanol–water partition coefficient (Wildman–Crippen LogP) is 1.86. The molecule has 0 aliphatic carbocycles. The number of nitro benzene ring substituents is 1. The van der Waals surface area contributed by atoms with E-state index in [4.69, 9.17) is 11.6 Å². The van der Waals surface area contributed by atoms with E-state index in [1.165, 1.54) is 12.1 Å². The van der Waals surface area contributed by atoms with Crippen LogP contribution in [-0.4, -0.2) is 23.9 Å². The average Bonchev–Trinajstić information content (AvgIpc) is 2.37. The highest BCUT2D eigenvalue weighted by molar-refractivity contribution is 6.31. The molecule has 2 N–H and O–H groups in total. The molecule has 1 aromatic rings. The van der Waals surface area contributed by atoms with Crippen molar-refractivity contribution < 1.29 is 9.72 Å². The number of halogens is 1. The molecule has 0 aliphatic heterocycles. The van der Waals surface area contributed by atoms with Gasteiger partial charge in [-0.3, -0.25) is 14.9 Å². The first-order valence-corrected chi connectivity index (χ1v) is 6.33. The van der Waals surface area contributed by atoms with Gasteiger partial charge in [-0.25, -0.2) is 0 Å². The quantitative estimate of drug-likeness (QED) is 0.591. The molecule has 1 aromatic carbocycles. The molecule has 0 bridgehead atoms. The lowest BCUT2D eigenvalue weighted by atomic mass is 10.2. The molecule has 0 fully saturated rings. The van der Waals surface area contributed by atoms with E-state index in [2.05, 4.69) is 10.6 Å². The summed E-state index contributed by atoms with van der Waals surface area (Å²) in [5, 5.41) is 16.7. The molecule has 7 heteroatoms. The summed E-state index contributed by atoms with van der Waals surface area (Å²) < 4.78 is 0. The molecule has 1 rings (SSSR count). The molecule has 0 aliphatic rings. The van der Waals surface area contributed by atoms with E-state index in [1.54, 1.807) is 6.07 Å². The fourth-order valence-electron chi connectivity index (χ4n) is 1.52. The fourth-order valence-corrected chi connectivity index (χ4v) is 1.76. The summed E-state index contributed by atoms with van der Waals surface area (Å²) in [5.41, 5.74) is 0.339. The first kappa shape index (κ1) is 15.4. The third-order valence-electron chi connectivity index (χ3n) is 2.45. The van der Waals surface area contributed by atoms with Crippen molar-refractivity contribution in [1.82, 2.24) is 10.6 Å². The van der Waals surface area contributed by atoms with Crippen LogP contribution in [0.15, 0.2) is 18.2 Å². The second kappa shape index (κ2) is 7.70. The number of amides is 1. The molecule has 19 heavy (non-hydrogen) atoms. The zero-order valence-electron chi connectivity index (χ0n) is 10.6. The Morgan fingerprint density at radius 2 is 2.21 bits per heavy atom. The highest BCUT2D eigenvalue weighted by Crippen LogP contribution is 2.25. The van der Waals surface area contributed by atoms with Crippen LogP contribution in [-0.2, 0) is 11.3 Å². The predicted molar refractivity (Wildman–Crippen MR) is 73.1 cm³/mol. The van der Waals surface area contributed by atoms with Gasteiger partial charge in [0.15, 0.2) is 0 Å². The molecule has 0 saturated heterocycles. The van der Waals surface area contributed by atoms with Crippen LogP contribution >= 0.6 is 11.6 Å². The zero-order valence-corrected chi connectivity index (χ0v) is 11.4. The SMILES string of the molecule is CCCNC(=O)CNCc1c(Cl)cccc1[N+](=O)[O-]. The van der Waals surface area contributed by atoms with Gasteiger partial charge < -0.3 is 10.6 Å². The summed E-state index contributed by atoms with van der Waals surface area (Å²) in [6.07, 6.45) is 0.863. The van der Waals surface area contributed by atoms with Crippen molar-refractivity contribution >= 4 is 23.2 Å². The summed E-state index contributed by atoms with van der Waals surface area (Å²) in [7, 11) is 0. The molecular formula is C12H16ClN3O3. The van der Waals surface area contributed by atoms with Gasteiger partial charge in [0.05, 0.1) is 22.1 Å². The number of nitrogens with zero attached hydrogens (tertiary/aromatic N) is 1. The molecule has 0 atom stereocenters. The van der Waals surface area contributed by atoms with E-state index in [0.29, 0.717) is 17.1 Å². The lowest BCUT2D eigenvalue weighted by molar-refractivity contribution is -0.385. The van der Waals surface area contributed by atoms with Crippen LogP contribution in [0.3, 0.4) is 0 Å². The molecule has 0 unspecified atom stereocenters. The van der Waals surface area contributed by atoms with E-state index in [0.717, 1.165) is 6.42 Å². The molecule has 104 valence electrons. The Morgan fingerprint density at radius 3 is 2.84 bits per heavy atom. The molecular weight excluding hydrogens is 270 g/mol. The maximum Gasteiger partial charge on any atom is 0.275 e. The summed E-state index contributed by atoms with van der Waals surface area (Å²) >= 11 is 5.93. The van der Waals surface area contributed by atoms with Gasteiger partial charge in [-0.1, -0.05) is 24.6 Å². The summed E-state index contributed by atoms with van der Waals surface area (Å²) in [6.45, 7) is 2.85. The number of nitro groups is 1. The average molecular weight is 286 g/mol. The van der Waals surface area contributed by atoms with Gasteiger partial charge >= 0.3 is 0 Å².